The van der Waals surface area contributed by atoms with E-state index < -0.39 is 17.5 Å². The lowest BCUT2D eigenvalue weighted by Crippen LogP contribution is -2.47. The molecule has 2 fully saturated rings. The van der Waals surface area contributed by atoms with E-state index in [9.17, 15) is 13.6 Å². The van der Waals surface area contributed by atoms with Crippen molar-refractivity contribution < 1.29 is 28.2 Å². The average molecular weight is 384 g/mol. The summed E-state index contributed by atoms with van der Waals surface area (Å²) in [6, 6.07) is 4.07. The number of carbonyl (C=O) groups is 2. The molecule has 0 radical (unpaired) electrons. The minimum Gasteiger partial charge on any atom is -0.483 e. The summed E-state index contributed by atoms with van der Waals surface area (Å²) < 4.78 is 32.9. The Morgan fingerprint density at radius 3 is 2.41 bits per heavy atom. The van der Waals surface area contributed by atoms with Gasteiger partial charge in [0, 0.05) is 26.2 Å². The van der Waals surface area contributed by atoms with Crippen LogP contribution in [0.15, 0.2) is 18.2 Å². The largest absolute Gasteiger partial charge is 0.483 e. The van der Waals surface area contributed by atoms with E-state index in [-0.39, 0.29) is 18.1 Å². The number of benzene rings is 1. The zero-order valence-electron chi connectivity index (χ0n) is 15.8. The van der Waals surface area contributed by atoms with E-state index in [0.29, 0.717) is 31.0 Å². The summed E-state index contributed by atoms with van der Waals surface area (Å²) in [6.07, 6.45) is 1.98. The summed E-state index contributed by atoms with van der Waals surface area (Å²) in [5, 5.41) is 6.89. The number of rotatable bonds is 3. The van der Waals surface area contributed by atoms with Crippen molar-refractivity contribution in [3.8, 4) is 0 Å². The summed E-state index contributed by atoms with van der Waals surface area (Å²) in [4.78, 5) is 24.8. The average Bonchev–Trinajstić information content (AvgIpc) is 3.06. The zero-order valence-corrected chi connectivity index (χ0v) is 15.8. The van der Waals surface area contributed by atoms with Gasteiger partial charge in [0.05, 0.1) is 11.7 Å². The molecule has 3 rings (SSSR count). The van der Waals surface area contributed by atoms with Crippen molar-refractivity contribution in [2.45, 2.75) is 25.0 Å². The Hall–Kier alpha value is -2.06. The molecule has 27 heavy (non-hydrogen) atoms. The molecule has 1 saturated heterocycles. The highest BCUT2D eigenvalue weighted by molar-refractivity contribution is 5.94. The number of likely N-dealkylation sites (N-methyl/N-ethyl adjacent to an activating group) is 1. The van der Waals surface area contributed by atoms with Crippen LogP contribution >= 0.6 is 0 Å². The first-order valence-corrected chi connectivity index (χ1v) is 8.84. The second-order valence-corrected chi connectivity index (χ2v) is 7.21. The summed E-state index contributed by atoms with van der Waals surface area (Å²) in [5.74, 6) is -1.73. The minimum atomic E-state index is -1.06. The van der Waals surface area contributed by atoms with Gasteiger partial charge in [0.1, 0.15) is 0 Å². The van der Waals surface area contributed by atoms with E-state index in [4.69, 9.17) is 14.6 Å². The molecule has 1 saturated carbocycles. The van der Waals surface area contributed by atoms with Crippen LogP contribution in [0.1, 0.15) is 23.2 Å². The first-order chi connectivity index (χ1) is 12.8. The number of carbonyl (C=O) groups excluding carboxylic acids is 1. The number of likely N-dealkylation sites (tertiary alicyclic amines) is 1. The number of halogens is 2. The molecular formula is C19H26F2N2O4. The van der Waals surface area contributed by atoms with Gasteiger partial charge in [-0.3, -0.25) is 9.59 Å². The van der Waals surface area contributed by atoms with Crippen LogP contribution in [0.25, 0.3) is 0 Å². The third kappa shape index (κ3) is 4.62. The van der Waals surface area contributed by atoms with Gasteiger partial charge < -0.3 is 19.6 Å². The van der Waals surface area contributed by atoms with E-state index in [1.807, 2.05) is 14.1 Å². The SMILES string of the molecule is CO[C@@H]1C[C@H]2CN(C(=O)c3cccc(F)c3F)C[C@H]2C[C@H]1N(C)C.O=CO. The summed E-state index contributed by atoms with van der Waals surface area (Å²) in [7, 11) is 5.80. The van der Waals surface area contributed by atoms with E-state index >= 15 is 0 Å². The van der Waals surface area contributed by atoms with Crippen molar-refractivity contribution in [2.24, 2.45) is 11.8 Å². The molecule has 0 unspecified atom stereocenters. The standard InChI is InChI=1S/C18H24F2N2O2.CH2O2/c1-21(2)15-7-11-9-22(10-12(11)8-16(15)24-3)18(23)13-5-4-6-14(19)17(13)20;2-1-3/h4-6,11-12,15-16H,7-10H2,1-3H3;1H,(H,2,3)/t11-,12+,15-,16-;/m1./s1. The van der Waals surface area contributed by atoms with Gasteiger partial charge in [-0.2, -0.15) is 0 Å². The third-order valence-electron chi connectivity index (χ3n) is 5.52. The van der Waals surface area contributed by atoms with Crippen LogP contribution in [-0.4, -0.2) is 73.7 Å². The van der Waals surface area contributed by atoms with Gasteiger partial charge in [-0.05, 0) is 50.9 Å². The van der Waals surface area contributed by atoms with Gasteiger partial charge in [-0.1, -0.05) is 6.07 Å². The van der Waals surface area contributed by atoms with Crippen LogP contribution in [-0.2, 0) is 9.53 Å². The second kappa shape index (κ2) is 9.23. The predicted octanol–water partition coefficient (Wildman–Crippen LogP) is 2.09. The molecule has 0 bridgehead atoms. The smallest absolute Gasteiger partial charge is 0.290 e. The number of nitrogens with zero attached hydrogens (tertiary/aromatic N) is 2. The van der Waals surface area contributed by atoms with E-state index in [2.05, 4.69) is 4.90 Å². The zero-order chi connectivity index (χ0) is 20.1. The highest BCUT2D eigenvalue weighted by Crippen LogP contribution is 2.39. The molecule has 2 aliphatic rings. The van der Waals surface area contributed by atoms with Crippen LogP contribution in [0, 0.1) is 23.5 Å². The second-order valence-electron chi connectivity index (χ2n) is 7.21. The van der Waals surface area contributed by atoms with E-state index in [1.54, 1.807) is 12.0 Å². The van der Waals surface area contributed by atoms with Crippen molar-refractivity contribution in [1.29, 1.82) is 0 Å². The number of methoxy groups -OCH3 is 1. The van der Waals surface area contributed by atoms with Crippen molar-refractivity contribution in [3.05, 3.63) is 35.4 Å². The maximum Gasteiger partial charge on any atom is 0.290 e. The predicted molar refractivity (Wildman–Crippen MR) is 95.4 cm³/mol. The monoisotopic (exact) mass is 384 g/mol. The Morgan fingerprint density at radius 2 is 1.85 bits per heavy atom. The van der Waals surface area contributed by atoms with Gasteiger partial charge in [0.2, 0.25) is 0 Å². The maximum atomic E-state index is 13.9. The van der Waals surface area contributed by atoms with Crippen molar-refractivity contribution in [3.63, 3.8) is 0 Å². The lowest BCUT2D eigenvalue weighted by atomic mass is 9.77. The number of fused-ring (bicyclic) bond motifs is 1. The molecule has 1 aliphatic heterocycles. The Labute approximate surface area is 157 Å². The molecule has 1 heterocycles. The van der Waals surface area contributed by atoms with Gasteiger partial charge in [0.25, 0.3) is 12.4 Å². The van der Waals surface area contributed by atoms with Crippen LogP contribution in [0.5, 0.6) is 0 Å². The summed E-state index contributed by atoms with van der Waals surface area (Å²) in [6.45, 7) is 0.930. The molecule has 1 aromatic carbocycles. The molecule has 1 amide bonds. The molecule has 0 aromatic heterocycles. The van der Waals surface area contributed by atoms with Gasteiger partial charge in [-0.25, -0.2) is 8.78 Å². The number of ether oxygens (including phenoxy) is 1. The molecule has 150 valence electrons. The topological polar surface area (TPSA) is 70.1 Å². The quantitative estimate of drug-likeness (QED) is 0.809. The lowest BCUT2D eigenvalue weighted by molar-refractivity contribution is -0.122. The molecule has 1 aromatic rings. The Morgan fingerprint density at radius 1 is 1.26 bits per heavy atom. The fourth-order valence-electron chi connectivity index (χ4n) is 4.19. The van der Waals surface area contributed by atoms with Crippen LogP contribution in [0.3, 0.4) is 0 Å². The fraction of sp³-hybridized carbons (Fsp3) is 0.579. The van der Waals surface area contributed by atoms with Crippen LogP contribution in [0.4, 0.5) is 8.78 Å². The minimum absolute atomic E-state index is 0.141. The molecule has 1 N–H and O–H groups in total. The maximum absolute atomic E-state index is 13.9. The highest BCUT2D eigenvalue weighted by Gasteiger charge is 2.44. The Kier molecular flexibility index (Phi) is 7.26. The first-order valence-electron chi connectivity index (χ1n) is 8.84. The third-order valence-corrected chi connectivity index (χ3v) is 5.52. The van der Waals surface area contributed by atoms with Gasteiger partial charge in [-0.15, -0.1) is 0 Å². The van der Waals surface area contributed by atoms with Crippen LogP contribution in [0.2, 0.25) is 0 Å². The van der Waals surface area contributed by atoms with Crippen molar-refractivity contribution in [1.82, 2.24) is 9.80 Å². The number of amides is 1. The van der Waals surface area contributed by atoms with Gasteiger partial charge in [0.15, 0.2) is 11.6 Å². The van der Waals surface area contributed by atoms with Crippen molar-refractivity contribution >= 4 is 12.4 Å². The Balaban J connectivity index is 0.000000817. The van der Waals surface area contributed by atoms with Crippen molar-refractivity contribution in [2.75, 3.05) is 34.3 Å². The molecule has 0 spiro atoms. The first kappa shape index (κ1) is 21.2. The molecule has 1 aliphatic carbocycles. The lowest BCUT2D eigenvalue weighted by Gasteiger charge is -2.40. The number of hydrogen-bond donors (Lipinski definition) is 1. The molecule has 6 nitrogen and oxygen atoms in total. The number of carboxylic acid groups (broad SMARTS) is 1. The summed E-state index contributed by atoms with van der Waals surface area (Å²) in [5.41, 5.74) is -0.180. The highest BCUT2D eigenvalue weighted by atomic mass is 19.2. The summed E-state index contributed by atoms with van der Waals surface area (Å²) >= 11 is 0. The number of hydrogen-bond acceptors (Lipinski definition) is 4. The van der Waals surface area contributed by atoms with E-state index in [0.717, 1.165) is 18.9 Å². The molecular weight excluding hydrogens is 358 g/mol. The normalized spacial score (nSPS) is 27.0. The molecule has 8 heteroatoms. The van der Waals surface area contributed by atoms with Gasteiger partial charge >= 0.3 is 0 Å². The van der Waals surface area contributed by atoms with E-state index in [1.165, 1.54) is 12.1 Å². The Bertz CT molecular complexity index is 671. The molecule has 4 atom stereocenters. The fourth-order valence-corrected chi connectivity index (χ4v) is 4.19. The van der Waals surface area contributed by atoms with Crippen LogP contribution < -0.4 is 0 Å².